The molecule has 0 fully saturated rings. The monoisotopic (exact) mass is 787 g/mol. The summed E-state index contributed by atoms with van der Waals surface area (Å²) < 4.78 is 0. The molecule has 0 radical (unpaired) electrons. The van der Waals surface area contributed by atoms with Crippen LogP contribution in [0.3, 0.4) is 0 Å². The summed E-state index contributed by atoms with van der Waals surface area (Å²) in [7, 11) is 0. The van der Waals surface area contributed by atoms with E-state index in [4.69, 9.17) is 0 Å². The number of nitrogens with zero attached hydrogens (tertiary/aromatic N) is 1. The number of anilines is 1. The van der Waals surface area contributed by atoms with Crippen molar-refractivity contribution in [3.63, 3.8) is 0 Å². The van der Waals surface area contributed by atoms with Crippen LogP contribution in [0.2, 0.25) is 0 Å². The number of rotatable bonds is 19. The molecule has 328 valence electrons. The lowest BCUT2D eigenvalue weighted by Gasteiger charge is -2.25. The first-order valence-corrected chi connectivity index (χ1v) is 23.4. The zero-order valence-electron chi connectivity index (χ0n) is 41.7. The molecule has 0 spiro atoms. The van der Waals surface area contributed by atoms with Crippen LogP contribution < -0.4 is 5.32 Å². The van der Waals surface area contributed by atoms with Crippen molar-refractivity contribution < 1.29 is 0 Å². The number of nitrogens with one attached hydrogen (secondary N) is 1. The maximum Gasteiger partial charge on any atom is 0.0950 e. The van der Waals surface area contributed by atoms with Crippen molar-refractivity contribution in [3.8, 4) is 6.07 Å². The first kappa shape index (κ1) is 62.9. The van der Waals surface area contributed by atoms with Crippen molar-refractivity contribution in [2.75, 3.05) is 5.32 Å². The largest absolute Gasteiger partial charge is 0.382 e. The van der Waals surface area contributed by atoms with Crippen LogP contribution in [-0.4, -0.2) is 6.04 Å². The predicted octanol–water partition coefficient (Wildman–Crippen LogP) is 19.5. The van der Waals surface area contributed by atoms with E-state index in [-0.39, 0.29) is 0 Å². The average Bonchev–Trinajstić information content (AvgIpc) is 3.25. The molecule has 57 heavy (non-hydrogen) atoms. The first-order valence-electron chi connectivity index (χ1n) is 23.4. The fraction of sp³-hybridized carbons (Fsp3) is 0.618. The maximum atomic E-state index is 9.40. The molecule has 2 rings (SSSR count). The van der Waals surface area contributed by atoms with E-state index in [1.165, 1.54) is 107 Å². The Balaban J connectivity index is -0.000000287. The Morgan fingerprint density at radius 2 is 1.40 bits per heavy atom. The summed E-state index contributed by atoms with van der Waals surface area (Å²) in [5.74, 6) is 0. The number of allylic oxidation sites excluding steroid dienone is 11. The summed E-state index contributed by atoms with van der Waals surface area (Å²) in [6.07, 6.45) is 27.6. The number of nitriles is 1. The predicted molar refractivity (Wildman–Crippen MR) is 269 cm³/mol. The molecule has 0 saturated heterocycles. The highest BCUT2D eigenvalue weighted by atomic mass is 14.9. The number of unbranched alkanes of at least 4 members (excludes halogenated alkanes) is 3. The van der Waals surface area contributed by atoms with Crippen molar-refractivity contribution in [1.82, 2.24) is 0 Å². The number of benzene rings is 1. The van der Waals surface area contributed by atoms with Gasteiger partial charge in [-0.3, -0.25) is 0 Å². The molecule has 2 nitrogen and oxygen atoms in total. The Morgan fingerprint density at radius 3 is 1.86 bits per heavy atom. The van der Waals surface area contributed by atoms with Gasteiger partial charge in [0.25, 0.3) is 0 Å². The molecule has 0 aliphatic heterocycles. The summed E-state index contributed by atoms with van der Waals surface area (Å²) in [4.78, 5) is 0. The van der Waals surface area contributed by atoms with Crippen molar-refractivity contribution >= 4 is 11.3 Å². The van der Waals surface area contributed by atoms with Crippen molar-refractivity contribution in [1.29, 1.82) is 5.26 Å². The van der Waals surface area contributed by atoms with Gasteiger partial charge in [0.1, 0.15) is 0 Å². The highest BCUT2D eigenvalue weighted by Gasteiger charge is 2.17. The van der Waals surface area contributed by atoms with Crippen LogP contribution in [0.15, 0.2) is 84.0 Å². The molecular weight excluding hydrogens is 689 g/mol. The third kappa shape index (κ3) is 28.7. The van der Waals surface area contributed by atoms with E-state index in [0.29, 0.717) is 6.04 Å². The van der Waals surface area contributed by atoms with Crippen LogP contribution in [0, 0.1) is 32.1 Å². The molecule has 1 aromatic rings. The Labute approximate surface area is 359 Å². The highest BCUT2D eigenvalue weighted by molar-refractivity contribution is 5.76. The maximum absolute atomic E-state index is 9.40. The minimum absolute atomic E-state index is 0.459. The summed E-state index contributed by atoms with van der Waals surface area (Å²) in [5.41, 5.74) is 14.3. The van der Waals surface area contributed by atoms with Crippen LogP contribution >= 0.6 is 0 Å². The topological polar surface area (TPSA) is 35.8 Å². The Hall–Kier alpha value is -3.31. The lowest BCUT2D eigenvalue weighted by Crippen LogP contribution is -2.21. The van der Waals surface area contributed by atoms with Crippen LogP contribution in [0.4, 0.5) is 5.69 Å². The van der Waals surface area contributed by atoms with Gasteiger partial charge in [0.2, 0.25) is 0 Å². The van der Waals surface area contributed by atoms with Crippen molar-refractivity contribution in [2.45, 2.75) is 227 Å². The van der Waals surface area contributed by atoms with Gasteiger partial charge < -0.3 is 5.32 Å². The molecule has 0 amide bonds. The molecule has 0 saturated carbocycles. The quantitative estimate of drug-likeness (QED) is 0.112. The van der Waals surface area contributed by atoms with Crippen LogP contribution in [0.25, 0.3) is 5.57 Å². The van der Waals surface area contributed by atoms with Gasteiger partial charge in [-0.2, -0.15) is 5.26 Å². The lowest BCUT2D eigenvalue weighted by molar-refractivity contribution is 0.568. The fourth-order valence-electron chi connectivity index (χ4n) is 6.45. The van der Waals surface area contributed by atoms with Gasteiger partial charge in [0.15, 0.2) is 0 Å². The Morgan fingerprint density at radius 1 is 0.825 bits per heavy atom. The van der Waals surface area contributed by atoms with E-state index in [2.05, 4.69) is 125 Å². The second-order valence-corrected chi connectivity index (χ2v) is 13.7. The first-order chi connectivity index (χ1) is 27.5. The third-order valence-corrected chi connectivity index (χ3v) is 9.56. The third-order valence-electron chi connectivity index (χ3n) is 9.56. The SMILES string of the molecule is C=C(CCCC)c1c(C)cc(C)c(NC(CCC)CCCC2=C(C#N)CCC=C2)c1C.C=C/C(C)=C(C)\C(=C/C)CCCC.C=CCCC.CC.CC.CC.CC. The molecule has 0 aromatic heterocycles. The lowest BCUT2D eigenvalue weighted by atomic mass is 9.89. The van der Waals surface area contributed by atoms with Crippen LogP contribution in [0.5, 0.6) is 0 Å². The van der Waals surface area contributed by atoms with Gasteiger partial charge in [-0.25, -0.2) is 0 Å². The standard InChI is InChI=1S/C29H42N2.C13H22.C5H10.4C2H6/c1-7-9-14-21(3)28-22(4)19-23(5)29(24(28)6)31-27(13-8-2)18-12-17-25-15-10-11-16-26(25)20-30;1-6-9-10-13(8-3)12(5)11(4)7-2;1-3-5-4-2;4*1-2/h10,15,19,27,31H,3,7-9,11-14,16-18H2,1-2,4-6H3;7-8H,2,6,9-10H2,1,3-5H3;3H,1,4-5H2,2H3;4*1-2H3/b;12-11-,13-8-;;;;;. The molecule has 2 heteroatoms. The second kappa shape index (κ2) is 45.4. The summed E-state index contributed by atoms with van der Waals surface area (Å²) in [5, 5.41) is 13.3. The molecule has 1 aromatic carbocycles. The summed E-state index contributed by atoms with van der Waals surface area (Å²) in [6, 6.07) is 5.19. The van der Waals surface area contributed by atoms with Crippen LogP contribution in [-0.2, 0) is 0 Å². The molecule has 1 N–H and O–H groups in total. The fourth-order valence-corrected chi connectivity index (χ4v) is 6.45. The molecule has 0 bridgehead atoms. The molecule has 0 heterocycles. The minimum atomic E-state index is 0.459. The summed E-state index contributed by atoms with van der Waals surface area (Å²) >= 11 is 0. The van der Waals surface area contributed by atoms with Gasteiger partial charge in [-0.05, 0) is 162 Å². The summed E-state index contributed by atoms with van der Waals surface area (Å²) in [6.45, 7) is 49.8. The van der Waals surface area contributed by atoms with Crippen molar-refractivity contribution in [3.05, 3.63) is 106 Å². The van der Waals surface area contributed by atoms with E-state index in [1.807, 2.05) is 67.5 Å². The second-order valence-electron chi connectivity index (χ2n) is 13.7. The molecule has 1 aliphatic rings. The van der Waals surface area contributed by atoms with E-state index in [9.17, 15) is 5.26 Å². The Kier molecular flexibility index (Phi) is 50.1. The number of hydrogen-bond acceptors (Lipinski definition) is 2. The highest BCUT2D eigenvalue weighted by Crippen LogP contribution is 2.34. The Bertz CT molecular complexity index is 1320. The number of aryl methyl sites for hydroxylation is 2. The molecular formula is C55H98N2. The molecule has 1 aliphatic carbocycles. The average molecular weight is 787 g/mol. The van der Waals surface area contributed by atoms with Gasteiger partial charge in [-0.15, -0.1) is 6.58 Å². The van der Waals surface area contributed by atoms with E-state index in [1.54, 1.807) is 0 Å². The van der Waals surface area contributed by atoms with Gasteiger partial charge in [0, 0.05) is 17.3 Å². The zero-order chi connectivity index (χ0) is 45.2. The molecule has 1 atom stereocenters. The van der Waals surface area contributed by atoms with Crippen LogP contribution in [0.1, 0.15) is 222 Å². The van der Waals surface area contributed by atoms with Gasteiger partial charge in [-0.1, -0.05) is 158 Å². The van der Waals surface area contributed by atoms with Gasteiger partial charge >= 0.3 is 0 Å². The minimum Gasteiger partial charge on any atom is -0.382 e. The van der Waals surface area contributed by atoms with E-state index in [0.717, 1.165) is 50.5 Å². The molecule has 1 unspecified atom stereocenters. The number of hydrogen-bond donors (Lipinski definition) is 1. The zero-order valence-corrected chi connectivity index (χ0v) is 41.7. The van der Waals surface area contributed by atoms with E-state index >= 15 is 0 Å². The van der Waals surface area contributed by atoms with Gasteiger partial charge in [0.05, 0.1) is 6.07 Å². The van der Waals surface area contributed by atoms with Crippen molar-refractivity contribution in [2.24, 2.45) is 0 Å². The van der Waals surface area contributed by atoms with E-state index < -0.39 is 0 Å². The smallest absolute Gasteiger partial charge is 0.0950 e. The normalized spacial score (nSPS) is 12.1.